The summed E-state index contributed by atoms with van der Waals surface area (Å²) in [7, 11) is 0. The quantitative estimate of drug-likeness (QED) is 0.369. The molecule has 32 heavy (non-hydrogen) atoms. The largest absolute Gasteiger partial charge is 0.508 e. The molecule has 0 aliphatic rings. The van der Waals surface area contributed by atoms with Crippen LogP contribution in [-0.4, -0.2) is 35.2 Å². The van der Waals surface area contributed by atoms with E-state index in [9.17, 15) is 9.50 Å². The molecule has 6 aromatic rings. The van der Waals surface area contributed by atoms with Crippen molar-refractivity contribution in [3.63, 3.8) is 0 Å². The highest BCUT2D eigenvalue weighted by Gasteiger charge is 2.16. The van der Waals surface area contributed by atoms with Crippen LogP contribution in [-0.2, 0) is 0 Å². The number of nitrogens with zero attached hydrogens (tertiary/aromatic N) is 4. The summed E-state index contributed by atoms with van der Waals surface area (Å²) in [5.41, 5.74) is 5.92. The molecule has 0 amide bonds. The average molecular weight is 422 g/mol. The number of fused-ring (bicyclic) bond motifs is 2. The van der Waals surface area contributed by atoms with Crippen LogP contribution < -0.4 is 0 Å². The van der Waals surface area contributed by atoms with Crippen molar-refractivity contribution >= 4 is 21.9 Å². The van der Waals surface area contributed by atoms with Gasteiger partial charge in [0.15, 0.2) is 5.65 Å². The van der Waals surface area contributed by atoms with Crippen molar-refractivity contribution < 1.29 is 9.50 Å². The highest BCUT2D eigenvalue weighted by atomic mass is 19.1. The molecule has 0 unspecified atom stereocenters. The molecule has 0 saturated heterocycles. The summed E-state index contributed by atoms with van der Waals surface area (Å²) in [5.74, 6) is -0.677. The zero-order chi connectivity index (χ0) is 21.7. The summed E-state index contributed by atoms with van der Waals surface area (Å²) in [6.45, 7) is 0. The smallest absolute Gasteiger partial charge is 0.155 e. The van der Waals surface area contributed by atoms with Gasteiger partial charge in [0.25, 0.3) is 0 Å². The van der Waals surface area contributed by atoms with Crippen molar-refractivity contribution in [2.75, 3.05) is 0 Å². The number of aromatic nitrogens is 6. The van der Waals surface area contributed by atoms with Crippen LogP contribution in [0.15, 0.2) is 73.3 Å². The Morgan fingerprint density at radius 2 is 1.75 bits per heavy atom. The van der Waals surface area contributed by atoms with Crippen molar-refractivity contribution in [1.82, 2.24) is 30.1 Å². The molecule has 6 rings (SSSR count). The monoisotopic (exact) mass is 422 g/mol. The molecule has 5 heterocycles. The number of hydrogen-bond donors (Lipinski definition) is 3. The van der Waals surface area contributed by atoms with E-state index in [0.717, 1.165) is 39.2 Å². The van der Waals surface area contributed by atoms with E-state index in [0.29, 0.717) is 22.6 Å². The summed E-state index contributed by atoms with van der Waals surface area (Å²) in [6.07, 6.45) is 6.95. The van der Waals surface area contributed by atoms with Crippen molar-refractivity contribution in [3.8, 4) is 39.5 Å². The Bertz CT molecular complexity index is 1590. The Morgan fingerprint density at radius 3 is 2.59 bits per heavy atom. The number of nitrogens with one attached hydrogen (secondary N) is 2. The molecule has 7 nitrogen and oxygen atoms in total. The van der Waals surface area contributed by atoms with Gasteiger partial charge in [0.2, 0.25) is 0 Å². The lowest BCUT2D eigenvalue weighted by molar-refractivity contribution is 0.469. The zero-order valence-corrected chi connectivity index (χ0v) is 16.5. The van der Waals surface area contributed by atoms with E-state index < -0.39 is 5.82 Å². The molecule has 0 saturated carbocycles. The lowest BCUT2D eigenvalue weighted by Gasteiger charge is -2.03. The number of rotatable bonds is 3. The number of halogens is 1. The Morgan fingerprint density at radius 1 is 0.812 bits per heavy atom. The fraction of sp³-hybridized carbons (Fsp3) is 0. The molecule has 8 heteroatoms. The Kier molecular flexibility index (Phi) is 3.97. The summed E-state index contributed by atoms with van der Waals surface area (Å²) < 4.78 is 13.9. The first-order valence-corrected chi connectivity index (χ1v) is 9.88. The molecule has 0 bridgehead atoms. The summed E-state index contributed by atoms with van der Waals surface area (Å²) in [6, 6.07) is 13.6. The SMILES string of the molecule is Oc1cc(F)cc(-c2nccc3[nH]c(-c4n[nH]c5ncc(-c6cccnc6)cc45)cc23)c1. The summed E-state index contributed by atoms with van der Waals surface area (Å²) in [4.78, 5) is 16.5. The van der Waals surface area contributed by atoms with Gasteiger partial charge in [0.05, 0.1) is 11.4 Å². The van der Waals surface area contributed by atoms with Crippen LogP contribution in [0.5, 0.6) is 5.75 Å². The molecule has 0 aliphatic carbocycles. The van der Waals surface area contributed by atoms with Crippen LogP contribution >= 0.6 is 0 Å². The number of phenolic OH excluding ortho intramolecular Hbond substituents is 1. The molecule has 0 spiro atoms. The van der Waals surface area contributed by atoms with Crippen molar-refractivity contribution in [3.05, 3.63) is 79.1 Å². The van der Waals surface area contributed by atoms with E-state index >= 15 is 0 Å². The van der Waals surface area contributed by atoms with Gasteiger partial charge in [-0.1, -0.05) is 6.07 Å². The zero-order valence-electron chi connectivity index (χ0n) is 16.5. The van der Waals surface area contributed by atoms with Gasteiger partial charge in [-0.05, 0) is 36.4 Å². The topological polar surface area (TPSA) is 103 Å². The van der Waals surface area contributed by atoms with Gasteiger partial charge < -0.3 is 10.1 Å². The van der Waals surface area contributed by atoms with E-state index in [1.807, 2.05) is 30.3 Å². The lowest BCUT2D eigenvalue weighted by atomic mass is 10.1. The molecular weight excluding hydrogens is 407 g/mol. The van der Waals surface area contributed by atoms with Crippen LogP contribution in [0.2, 0.25) is 0 Å². The third-order valence-corrected chi connectivity index (χ3v) is 5.37. The van der Waals surface area contributed by atoms with Crippen LogP contribution in [0.1, 0.15) is 0 Å². The van der Waals surface area contributed by atoms with Gasteiger partial charge in [0.1, 0.15) is 17.3 Å². The van der Waals surface area contributed by atoms with Crippen LogP contribution in [0, 0.1) is 5.82 Å². The van der Waals surface area contributed by atoms with Gasteiger partial charge in [-0.3, -0.25) is 15.1 Å². The fourth-order valence-electron chi connectivity index (χ4n) is 3.92. The number of aromatic amines is 2. The third kappa shape index (κ3) is 2.97. The Labute approximate surface area is 180 Å². The number of aromatic hydroxyl groups is 1. The molecule has 0 fully saturated rings. The van der Waals surface area contributed by atoms with E-state index in [2.05, 4.69) is 30.1 Å². The van der Waals surface area contributed by atoms with Gasteiger partial charge in [-0.2, -0.15) is 5.10 Å². The number of pyridine rings is 3. The van der Waals surface area contributed by atoms with Gasteiger partial charge in [0, 0.05) is 63.8 Å². The summed E-state index contributed by atoms with van der Waals surface area (Å²) >= 11 is 0. The molecule has 5 aromatic heterocycles. The van der Waals surface area contributed by atoms with Crippen LogP contribution in [0.3, 0.4) is 0 Å². The minimum absolute atomic E-state index is 0.151. The van der Waals surface area contributed by atoms with E-state index in [4.69, 9.17) is 0 Å². The maximum absolute atomic E-state index is 13.9. The number of H-pyrrole nitrogens is 2. The number of phenols is 1. The van der Waals surface area contributed by atoms with Gasteiger partial charge in [-0.25, -0.2) is 9.37 Å². The lowest BCUT2D eigenvalue weighted by Crippen LogP contribution is -1.85. The third-order valence-electron chi connectivity index (χ3n) is 5.37. The number of hydrogen-bond acceptors (Lipinski definition) is 5. The van der Waals surface area contributed by atoms with E-state index in [1.54, 1.807) is 24.8 Å². The molecule has 1 aromatic carbocycles. The average Bonchev–Trinajstić information content (AvgIpc) is 3.42. The molecule has 3 N–H and O–H groups in total. The van der Waals surface area contributed by atoms with Crippen molar-refractivity contribution in [2.24, 2.45) is 0 Å². The molecule has 0 aliphatic heterocycles. The van der Waals surface area contributed by atoms with Gasteiger partial charge in [-0.15, -0.1) is 0 Å². The highest BCUT2D eigenvalue weighted by molar-refractivity contribution is 6.00. The van der Waals surface area contributed by atoms with Crippen LogP contribution in [0.25, 0.3) is 55.7 Å². The Balaban J connectivity index is 1.52. The van der Waals surface area contributed by atoms with E-state index in [-0.39, 0.29) is 5.75 Å². The second-order valence-corrected chi connectivity index (χ2v) is 7.44. The highest BCUT2D eigenvalue weighted by Crippen LogP contribution is 2.34. The maximum atomic E-state index is 13.9. The van der Waals surface area contributed by atoms with Gasteiger partial charge >= 0.3 is 0 Å². The minimum atomic E-state index is -0.526. The second kappa shape index (κ2) is 6.98. The first-order valence-electron chi connectivity index (χ1n) is 9.88. The molecule has 0 radical (unpaired) electrons. The predicted molar refractivity (Wildman–Crippen MR) is 119 cm³/mol. The molecule has 154 valence electrons. The fourth-order valence-corrected chi connectivity index (χ4v) is 3.92. The summed E-state index contributed by atoms with van der Waals surface area (Å²) in [5, 5.41) is 18.9. The minimum Gasteiger partial charge on any atom is -0.508 e. The maximum Gasteiger partial charge on any atom is 0.155 e. The standard InChI is InChI=1S/C24H15FN6O/c25-16-6-14(7-17(32)9-16)22-18-10-21(29-20(18)3-5-27-22)23-19-8-15(12-28-24(19)31-30-23)13-2-1-4-26-11-13/h1-12,29,32H,(H,28,30,31). The van der Waals surface area contributed by atoms with Crippen molar-refractivity contribution in [1.29, 1.82) is 0 Å². The first kappa shape index (κ1) is 18.2. The number of benzene rings is 1. The molecular formula is C24H15FN6O. The molecule has 0 atom stereocenters. The second-order valence-electron chi connectivity index (χ2n) is 7.44. The Hall–Kier alpha value is -4.59. The predicted octanol–water partition coefficient (Wildman–Crippen LogP) is 5.07. The van der Waals surface area contributed by atoms with Crippen molar-refractivity contribution in [2.45, 2.75) is 0 Å². The van der Waals surface area contributed by atoms with Crippen LogP contribution in [0.4, 0.5) is 4.39 Å². The normalized spacial score (nSPS) is 11.4. The first-order chi connectivity index (χ1) is 15.7. The van der Waals surface area contributed by atoms with E-state index in [1.165, 1.54) is 12.1 Å².